The Kier molecular flexibility index (Phi) is 12.2. The zero-order valence-electron chi connectivity index (χ0n) is 42.3. The minimum Gasteiger partial charge on any atom is -0.311 e. The van der Waals surface area contributed by atoms with Crippen LogP contribution in [-0.2, 0) is 0 Å². The molecule has 74 heavy (non-hydrogen) atoms. The number of rotatable bonds is 11. The Labute approximate surface area is 435 Å². The molecule has 0 unspecified atom stereocenters. The van der Waals surface area contributed by atoms with Crippen LogP contribution in [-0.4, -0.2) is 0 Å². The van der Waals surface area contributed by atoms with Crippen LogP contribution in [0.2, 0.25) is 0 Å². The van der Waals surface area contributed by atoms with Crippen LogP contribution in [0.25, 0.3) is 77.2 Å². The third-order valence-corrected chi connectivity index (χ3v) is 14.5. The predicted octanol–water partition coefficient (Wildman–Crippen LogP) is 20.5. The molecule has 0 radical (unpaired) electrons. The van der Waals surface area contributed by atoms with Gasteiger partial charge in [-0.1, -0.05) is 216 Å². The smallest absolute Gasteiger partial charge is 0.0462 e. The summed E-state index contributed by atoms with van der Waals surface area (Å²) in [5, 5.41) is 4.91. The first-order valence-corrected chi connectivity index (χ1v) is 25.6. The maximum absolute atomic E-state index is 2.36. The lowest BCUT2D eigenvalue weighted by atomic mass is 9.83. The summed E-state index contributed by atoms with van der Waals surface area (Å²) in [5.41, 5.74) is 23.5. The first-order valence-electron chi connectivity index (χ1n) is 25.6. The van der Waals surface area contributed by atoms with Crippen LogP contribution in [0.1, 0.15) is 22.3 Å². The molecular formula is C72H56N2. The van der Waals surface area contributed by atoms with Gasteiger partial charge >= 0.3 is 0 Å². The Balaban J connectivity index is 0.984. The van der Waals surface area contributed by atoms with E-state index in [9.17, 15) is 0 Å². The van der Waals surface area contributed by atoms with Gasteiger partial charge in [-0.2, -0.15) is 0 Å². The fraction of sp³-hybridized carbons (Fsp3) is 0.0556. The summed E-state index contributed by atoms with van der Waals surface area (Å²) in [6, 6.07) is 98.2. The second kappa shape index (κ2) is 19.8. The number of fused-ring (bicyclic) bond motifs is 2. The fourth-order valence-electron chi connectivity index (χ4n) is 10.6. The van der Waals surface area contributed by atoms with E-state index in [1.54, 1.807) is 0 Å². The van der Waals surface area contributed by atoms with Crippen LogP contribution >= 0.6 is 0 Å². The van der Waals surface area contributed by atoms with Crippen molar-refractivity contribution < 1.29 is 0 Å². The van der Waals surface area contributed by atoms with Crippen LogP contribution < -0.4 is 9.80 Å². The SMILES string of the molecule is Cc1ccc(N(c2ccc(-c3ccccc3)cc2)c2ccc(-c3ccc4cc(C)ccc4c3-c3c(-c4ccc(N(c5ccc(C)cc5)c5ccc(-c6ccccc6)cc5)cc4)ccc4cc(C)ccc34)cc2)cc1. The molecule has 0 aliphatic carbocycles. The van der Waals surface area contributed by atoms with Gasteiger partial charge < -0.3 is 9.80 Å². The molecule has 2 nitrogen and oxygen atoms in total. The minimum atomic E-state index is 1.09. The molecule has 0 heterocycles. The number of anilines is 6. The first-order chi connectivity index (χ1) is 36.3. The van der Waals surface area contributed by atoms with Crippen LogP contribution in [0.4, 0.5) is 34.1 Å². The lowest BCUT2D eigenvalue weighted by Crippen LogP contribution is -2.10. The van der Waals surface area contributed by atoms with Crippen molar-refractivity contribution in [2.24, 2.45) is 0 Å². The third kappa shape index (κ3) is 9.04. The Morgan fingerprint density at radius 2 is 0.486 bits per heavy atom. The van der Waals surface area contributed by atoms with E-state index in [0.29, 0.717) is 0 Å². The van der Waals surface area contributed by atoms with Crippen LogP contribution in [0.15, 0.2) is 267 Å². The van der Waals surface area contributed by atoms with Gasteiger partial charge in [0.15, 0.2) is 0 Å². The van der Waals surface area contributed by atoms with Crippen molar-refractivity contribution >= 4 is 55.7 Å². The summed E-state index contributed by atoms with van der Waals surface area (Å²) in [4.78, 5) is 4.72. The van der Waals surface area contributed by atoms with Gasteiger partial charge in [-0.3, -0.25) is 0 Å². The summed E-state index contributed by atoms with van der Waals surface area (Å²) in [7, 11) is 0. The van der Waals surface area contributed by atoms with E-state index >= 15 is 0 Å². The van der Waals surface area contributed by atoms with Gasteiger partial charge in [0, 0.05) is 34.1 Å². The zero-order chi connectivity index (χ0) is 50.1. The molecule has 0 amide bonds. The third-order valence-electron chi connectivity index (χ3n) is 14.5. The van der Waals surface area contributed by atoms with Crippen molar-refractivity contribution in [3.8, 4) is 55.6 Å². The average Bonchev–Trinajstić information content (AvgIpc) is 3.45. The predicted molar refractivity (Wildman–Crippen MR) is 317 cm³/mol. The van der Waals surface area contributed by atoms with E-state index in [2.05, 4.69) is 304 Å². The van der Waals surface area contributed by atoms with E-state index in [-0.39, 0.29) is 0 Å². The Morgan fingerprint density at radius 1 is 0.216 bits per heavy atom. The van der Waals surface area contributed by atoms with Gasteiger partial charge in [0.1, 0.15) is 0 Å². The molecule has 0 N–H and O–H groups in total. The Hall–Kier alpha value is -9.24. The fourth-order valence-corrected chi connectivity index (χ4v) is 10.6. The zero-order valence-corrected chi connectivity index (χ0v) is 42.3. The second-order valence-corrected chi connectivity index (χ2v) is 19.7. The Morgan fingerprint density at radius 3 is 0.811 bits per heavy atom. The van der Waals surface area contributed by atoms with E-state index in [0.717, 1.165) is 45.3 Å². The van der Waals surface area contributed by atoms with Crippen molar-refractivity contribution in [3.63, 3.8) is 0 Å². The molecule has 0 saturated heterocycles. The summed E-state index contributed by atoms with van der Waals surface area (Å²) in [5.74, 6) is 0. The maximum atomic E-state index is 2.36. The molecule has 0 aromatic heterocycles. The standard InChI is InChI=1S/C72H56N2/c1-49-15-31-61(32-16-49)73(63-35-21-55(22-36-63)53-11-7-5-8-12-53)65-39-25-57(26-40-65)67-45-29-59-47-51(3)19-43-69(59)71(67)72-68(46-30-60-48-52(4)20-44-70(60)72)58-27-41-66(42-28-58)74(62-33-17-50(2)18-34-62)64-37-23-56(24-38-64)54-13-9-6-10-14-54/h5-48H,1-4H3. The topological polar surface area (TPSA) is 6.48 Å². The molecule has 12 rings (SSSR count). The van der Waals surface area contributed by atoms with E-state index in [1.165, 1.54) is 88.3 Å². The molecule has 0 aliphatic rings. The van der Waals surface area contributed by atoms with Gasteiger partial charge in [0.05, 0.1) is 0 Å². The van der Waals surface area contributed by atoms with Gasteiger partial charge in [-0.15, -0.1) is 0 Å². The molecule has 354 valence electrons. The van der Waals surface area contributed by atoms with Crippen LogP contribution in [0.5, 0.6) is 0 Å². The highest BCUT2D eigenvalue weighted by Crippen LogP contribution is 2.48. The van der Waals surface area contributed by atoms with Crippen LogP contribution in [0.3, 0.4) is 0 Å². The van der Waals surface area contributed by atoms with E-state index < -0.39 is 0 Å². The molecule has 12 aromatic carbocycles. The highest BCUT2D eigenvalue weighted by atomic mass is 15.1. The van der Waals surface area contributed by atoms with Gasteiger partial charge in [-0.25, -0.2) is 0 Å². The van der Waals surface area contributed by atoms with Crippen molar-refractivity contribution in [2.75, 3.05) is 9.80 Å². The second-order valence-electron chi connectivity index (χ2n) is 19.7. The number of hydrogen-bond donors (Lipinski definition) is 0. The van der Waals surface area contributed by atoms with Gasteiger partial charge in [0.2, 0.25) is 0 Å². The highest BCUT2D eigenvalue weighted by molar-refractivity contribution is 6.15. The lowest BCUT2D eigenvalue weighted by Gasteiger charge is -2.27. The summed E-state index contributed by atoms with van der Waals surface area (Å²) in [6.45, 7) is 8.66. The van der Waals surface area contributed by atoms with Crippen molar-refractivity contribution in [1.29, 1.82) is 0 Å². The average molecular weight is 949 g/mol. The molecule has 0 saturated carbocycles. The summed E-state index contributed by atoms with van der Waals surface area (Å²) < 4.78 is 0. The number of nitrogens with zero attached hydrogens (tertiary/aromatic N) is 2. The van der Waals surface area contributed by atoms with Gasteiger partial charge in [-0.05, 0) is 178 Å². The summed E-state index contributed by atoms with van der Waals surface area (Å²) in [6.07, 6.45) is 0. The Bertz CT molecular complexity index is 3650. The highest BCUT2D eigenvalue weighted by Gasteiger charge is 2.22. The molecule has 0 fully saturated rings. The normalized spacial score (nSPS) is 11.2. The number of benzene rings is 12. The van der Waals surface area contributed by atoms with Crippen molar-refractivity contribution in [2.45, 2.75) is 27.7 Å². The van der Waals surface area contributed by atoms with E-state index in [1.807, 2.05) is 0 Å². The number of aryl methyl sites for hydroxylation is 4. The largest absolute Gasteiger partial charge is 0.311 e. The molecule has 0 spiro atoms. The monoisotopic (exact) mass is 948 g/mol. The molecule has 0 atom stereocenters. The minimum absolute atomic E-state index is 1.09. The lowest BCUT2D eigenvalue weighted by molar-refractivity contribution is 1.27. The van der Waals surface area contributed by atoms with Crippen molar-refractivity contribution in [1.82, 2.24) is 0 Å². The summed E-state index contributed by atoms with van der Waals surface area (Å²) >= 11 is 0. The van der Waals surface area contributed by atoms with Crippen molar-refractivity contribution in [3.05, 3.63) is 289 Å². The molecule has 0 aliphatic heterocycles. The van der Waals surface area contributed by atoms with E-state index in [4.69, 9.17) is 0 Å². The maximum Gasteiger partial charge on any atom is 0.0462 e. The number of hydrogen-bond acceptors (Lipinski definition) is 2. The molecular weight excluding hydrogens is 893 g/mol. The van der Waals surface area contributed by atoms with Gasteiger partial charge in [0.25, 0.3) is 0 Å². The first kappa shape index (κ1) is 45.9. The molecule has 12 aromatic rings. The quantitative estimate of drug-likeness (QED) is 0.127. The molecule has 0 bridgehead atoms. The van der Waals surface area contributed by atoms with Crippen LogP contribution in [0, 0.1) is 27.7 Å². The molecule has 2 heteroatoms.